The van der Waals surface area contributed by atoms with Crippen molar-refractivity contribution in [1.82, 2.24) is 20.2 Å². The van der Waals surface area contributed by atoms with Crippen LogP contribution in [-0.4, -0.2) is 60.1 Å². The molecule has 1 aliphatic heterocycles. The number of hydrogen-bond acceptors (Lipinski definition) is 4. The summed E-state index contributed by atoms with van der Waals surface area (Å²) in [7, 11) is 0. The average Bonchev–Trinajstić information content (AvgIpc) is 2.52. The number of aromatic nitrogens is 2. The van der Waals surface area contributed by atoms with Crippen LogP contribution < -0.4 is 10.2 Å². The highest BCUT2D eigenvalue weighted by Gasteiger charge is 2.20. The Morgan fingerprint density at radius 1 is 1.33 bits per heavy atom. The number of aliphatic imine (C=N–C) groups is 1. The molecule has 0 aliphatic carbocycles. The van der Waals surface area contributed by atoms with Crippen molar-refractivity contribution < 1.29 is 0 Å². The van der Waals surface area contributed by atoms with Crippen LogP contribution in [-0.2, 0) is 0 Å². The lowest BCUT2D eigenvalue weighted by Crippen LogP contribution is -2.53. The molecule has 0 saturated carbocycles. The second kappa shape index (κ2) is 9.39. The van der Waals surface area contributed by atoms with E-state index in [1.54, 1.807) is 12.4 Å². The van der Waals surface area contributed by atoms with Crippen molar-refractivity contribution in [2.75, 3.05) is 44.2 Å². The van der Waals surface area contributed by atoms with E-state index in [-0.39, 0.29) is 24.0 Å². The van der Waals surface area contributed by atoms with Crippen molar-refractivity contribution in [3.05, 3.63) is 18.5 Å². The number of hydrogen-bond donors (Lipinski definition) is 1. The lowest BCUT2D eigenvalue weighted by Gasteiger charge is -2.36. The third-order valence-corrected chi connectivity index (χ3v) is 3.07. The maximum atomic E-state index is 5.27. The second-order valence-corrected chi connectivity index (χ2v) is 4.40. The van der Waals surface area contributed by atoms with Gasteiger partial charge in [0.2, 0.25) is 5.95 Å². The third-order valence-electron chi connectivity index (χ3n) is 3.07. The number of piperazine rings is 1. The number of halogens is 1. The summed E-state index contributed by atoms with van der Waals surface area (Å²) in [5.41, 5.74) is 0. The van der Waals surface area contributed by atoms with E-state index in [1.165, 1.54) is 0 Å². The van der Waals surface area contributed by atoms with Gasteiger partial charge in [0.05, 0.1) is 0 Å². The molecule has 1 saturated heterocycles. The maximum Gasteiger partial charge on any atom is 0.225 e. The Morgan fingerprint density at radius 2 is 2.00 bits per heavy atom. The SMILES string of the molecule is C#CCN=C(NCC)N1CCN(c2ncccn2)CC1.I. The van der Waals surface area contributed by atoms with Crippen molar-refractivity contribution in [3.8, 4) is 12.3 Å². The van der Waals surface area contributed by atoms with Crippen LogP contribution in [0.3, 0.4) is 0 Å². The van der Waals surface area contributed by atoms with E-state index in [0.717, 1.165) is 44.6 Å². The minimum absolute atomic E-state index is 0. The largest absolute Gasteiger partial charge is 0.356 e. The summed E-state index contributed by atoms with van der Waals surface area (Å²) in [6, 6.07) is 1.83. The van der Waals surface area contributed by atoms with E-state index in [0.29, 0.717) is 6.54 Å². The first-order chi connectivity index (χ1) is 9.85. The maximum absolute atomic E-state index is 5.27. The molecule has 2 heterocycles. The Balaban J connectivity index is 0.00000220. The summed E-state index contributed by atoms with van der Waals surface area (Å²) in [5, 5.41) is 3.27. The van der Waals surface area contributed by atoms with Gasteiger partial charge in [-0.25, -0.2) is 15.0 Å². The van der Waals surface area contributed by atoms with Gasteiger partial charge in [-0.3, -0.25) is 0 Å². The summed E-state index contributed by atoms with van der Waals surface area (Å²) in [6.45, 7) is 6.83. The summed E-state index contributed by atoms with van der Waals surface area (Å²) in [6.07, 6.45) is 8.81. The van der Waals surface area contributed by atoms with Crippen LogP contribution >= 0.6 is 24.0 Å². The number of rotatable bonds is 3. The highest BCUT2D eigenvalue weighted by molar-refractivity contribution is 14.0. The number of guanidine groups is 1. The average molecular weight is 400 g/mol. The Morgan fingerprint density at radius 3 is 2.57 bits per heavy atom. The zero-order valence-electron chi connectivity index (χ0n) is 12.2. The van der Waals surface area contributed by atoms with E-state index in [1.807, 2.05) is 6.07 Å². The molecular formula is C14H21IN6. The molecule has 0 radical (unpaired) electrons. The summed E-state index contributed by atoms with van der Waals surface area (Å²) in [5.74, 6) is 4.22. The first-order valence-electron chi connectivity index (χ1n) is 6.84. The molecule has 1 fully saturated rings. The summed E-state index contributed by atoms with van der Waals surface area (Å²) in [4.78, 5) is 17.4. The quantitative estimate of drug-likeness (QED) is 0.353. The van der Waals surface area contributed by atoms with Crippen LogP contribution in [0.4, 0.5) is 5.95 Å². The highest BCUT2D eigenvalue weighted by Crippen LogP contribution is 2.09. The minimum Gasteiger partial charge on any atom is -0.356 e. The monoisotopic (exact) mass is 400 g/mol. The molecule has 21 heavy (non-hydrogen) atoms. The molecule has 6 nitrogen and oxygen atoms in total. The first kappa shape index (κ1) is 17.5. The lowest BCUT2D eigenvalue weighted by molar-refractivity contribution is 0.370. The van der Waals surface area contributed by atoms with Gasteiger partial charge in [0, 0.05) is 45.1 Å². The predicted molar refractivity (Wildman–Crippen MR) is 96.0 cm³/mol. The Labute approximate surface area is 143 Å². The molecule has 0 amide bonds. The van der Waals surface area contributed by atoms with Gasteiger partial charge >= 0.3 is 0 Å². The molecule has 2 rings (SSSR count). The van der Waals surface area contributed by atoms with Crippen LogP contribution in [0.5, 0.6) is 0 Å². The summed E-state index contributed by atoms with van der Waals surface area (Å²) < 4.78 is 0. The molecule has 1 aromatic rings. The van der Waals surface area contributed by atoms with E-state index in [9.17, 15) is 0 Å². The number of nitrogens with zero attached hydrogens (tertiary/aromatic N) is 5. The molecule has 0 aromatic carbocycles. The van der Waals surface area contributed by atoms with Gasteiger partial charge in [-0.05, 0) is 13.0 Å². The number of nitrogens with one attached hydrogen (secondary N) is 1. The van der Waals surface area contributed by atoms with Gasteiger partial charge in [0.1, 0.15) is 6.54 Å². The molecule has 1 aliphatic rings. The van der Waals surface area contributed by atoms with Crippen LogP contribution in [0, 0.1) is 12.3 Å². The first-order valence-corrected chi connectivity index (χ1v) is 6.84. The van der Waals surface area contributed by atoms with Crippen molar-refractivity contribution in [1.29, 1.82) is 0 Å². The van der Waals surface area contributed by atoms with Crippen LogP contribution in [0.15, 0.2) is 23.5 Å². The molecule has 0 spiro atoms. The topological polar surface area (TPSA) is 56.7 Å². The van der Waals surface area contributed by atoms with E-state index in [2.05, 4.69) is 42.9 Å². The number of terminal acetylenes is 1. The van der Waals surface area contributed by atoms with Gasteiger partial charge in [-0.1, -0.05) is 5.92 Å². The molecule has 0 bridgehead atoms. The van der Waals surface area contributed by atoms with Crippen molar-refractivity contribution in [2.45, 2.75) is 6.92 Å². The Hall–Kier alpha value is -1.56. The van der Waals surface area contributed by atoms with Gasteiger partial charge < -0.3 is 15.1 Å². The van der Waals surface area contributed by atoms with Crippen molar-refractivity contribution >= 4 is 35.9 Å². The molecule has 114 valence electrons. The smallest absolute Gasteiger partial charge is 0.225 e. The van der Waals surface area contributed by atoms with E-state index >= 15 is 0 Å². The Bertz CT molecular complexity index is 476. The lowest BCUT2D eigenvalue weighted by atomic mass is 10.3. The minimum atomic E-state index is 0. The van der Waals surface area contributed by atoms with Gasteiger partial charge in [0.15, 0.2) is 5.96 Å². The number of anilines is 1. The zero-order valence-corrected chi connectivity index (χ0v) is 14.5. The van der Waals surface area contributed by atoms with Crippen molar-refractivity contribution in [2.24, 2.45) is 4.99 Å². The fourth-order valence-electron chi connectivity index (χ4n) is 2.12. The van der Waals surface area contributed by atoms with Crippen molar-refractivity contribution in [3.63, 3.8) is 0 Å². The van der Waals surface area contributed by atoms with Crippen LogP contribution in [0.25, 0.3) is 0 Å². The third kappa shape index (κ3) is 5.04. The fourth-order valence-corrected chi connectivity index (χ4v) is 2.12. The standard InChI is InChI=1S/C14H20N6.HI/c1-3-6-16-13(15-4-2)19-9-11-20(12-10-19)14-17-7-5-8-18-14;/h1,5,7-8H,4,6,9-12H2,2H3,(H,15,16);1H. The van der Waals surface area contributed by atoms with Gasteiger partial charge in [0.25, 0.3) is 0 Å². The zero-order chi connectivity index (χ0) is 14.2. The molecular weight excluding hydrogens is 379 g/mol. The van der Waals surface area contributed by atoms with Crippen LogP contribution in [0.1, 0.15) is 6.92 Å². The van der Waals surface area contributed by atoms with E-state index in [4.69, 9.17) is 6.42 Å². The van der Waals surface area contributed by atoms with Crippen LogP contribution in [0.2, 0.25) is 0 Å². The molecule has 0 atom stereocenters. The van der Waals surface area contributed by atoms with E-state index < -0.39 is 0 Å². The molecule has 0 unspecified atom stereocenters. The van der Waals surface area contributed by atoms with Gasteiger partial charge in [-0.2, -0.15) is 0 Å². The summed E-state index contributed by atoms with van der Waals surface area (Å²) >= 11 is 0. The normalized spacial score (nSPS) is 15.1. The molecule has 1 N–H and O–H groups in total. The molecule has 1 aromatic heterocycles. The highest BCUT2D eigenvalue weighted by atomic mass is 127. The predicted octanol–water partition coefficient (Wildman–Crippen LogP) is 0.815. The second-order valence-electron chi connectivity index (χ2n) is 4.40. The Kier molecular flexibility index (Phi) is 7.82. The molecule has 7 heteroatoms. The fraction of sp³-hybridized carbons (Fsp3) is 0.500. The van der Waals surface area contributed by atoms with Gasteiger partial charge in [-0.15, -0.1) is 30.4 Å².